The Morgan fingerprint density at radius 1 is 1.35 bits per heavy atom. The van der Waals surface area contributed by atoms with Crippen molar-refractivity contribution in [3.63, 3.8) is 0 Å². The number of hydrogen-bond donors (Lipinski definition) is 1. The summed E-state index contributed by atoms with van der Waals surface area (Å²) in [5.74, 6) is 0. The average molecular weight is 308 g/mol. The molecule has 1 aromatic heterocycles. The van der Waals surface area contributed by atoms with E-state index < -0.39 is 5.60 Å². The van der Waals surface area contributed by atoms with Crippen LogP contribution in [-0.4, -0.2) is 25.5 Å². The average Bonchev–Trinajstić information content (AvgIpc) is 3.11. The van der Waals surface area contributed by atoms with Crippen LogP contribution in [0.25, 0.3) is 6.08 Å². The molecule has 0 radical (unpaired) electrons. The van der Waals surface area contributed by atoms with Gasteiger partial charge in [0.1, 0.15) is 18.3 Å². The van der Waals surface area contributed by atoms with Crippen molar-refractivity contribution in [2.75, 3.05) is 0 Å². The molecule has 1 saturated carbocycles. The highest BCUT2D eigenvalue weighted by Crippen LogP contribution is 2.50. The molecule has 0 saturated heterocycles. The van der Waals surface area contributed by atoms with Crippen LogP contribution < -0.4 is 0 Å². The topological polar surface area (TPSA) is 74.7 Å². The fraction of sp³-hybridized carbons (Fsp3) is 0.389. The second-order valence-electron chi connectivity index (χ2n) is 6.74. The predicted octanol–water partition coefficient (Wildman–Crippen LogP) is 2.78. The van der Waals surface area contributed by atoms with E-state index in [1.165, 1.54) is 6.33 Å². The first-order valence-electron chi connectivity index (χ1n) is 7.71. The Morgan fingerprint density at radius 2 is 2.09 bits per heavy atom. The van der Waals surface area contributed by atoms with E-state index >= 15 is 0 Å². The summed E-state index contributed by atoms with van der Waals surface area (Å²) >= 11 is 0. The Bertz CT molecular complexity index is 753. The van der Waals surface area contributed by atoms with Crippen molar-refractivity contribution in [3.05, 3.63) is 53.6 Å². The molecular weight excluding hydrogens is 288 g/mol. The molecule has 1 heterocycles. The Kier molecular flexibility index (Phi) is 3.78. The summed E-state index contributed by atoms with van der Waals surface area (Å²) in [6, 6.07) is 9.53. The molecule has 3 rings (SSSR count). The molecule has 23 heavy (non-hydrogen) atoms. The van der Waals surface area contributed by atoms with E-state index in [9.17, 15) is 5.11 Å². The van der Waals surface area contributed by atoms with E-state index in [-0.39, 0.29) is 5.41 Å². The van der Waals surface area contributed by atoms with E-state index in [0.29, 0.717) is 12.1 Å². The van der Waals surface area contributed by atoms with Gasteiger partial charge in [0.25, 0.3) is 0 Å². The summed E-state index contributed by atoms with van der Waals surface area (Å²) in [5.41, 5.74) is 1.43. The second-order valence-corrected chi connectivity index (χ2v) is 6.74. The zero-order valence-corrected chi connectivity index (χ0v) is 13.4. The predicted molar refractivity (Wildman–Crippen MR) is 87.1 cm³/mol. The lowest BCUT2D eigenvalue weighted by Gasteiger charge is -2.37. The molecule has 1 aromatic carbocycles. The van der Waals surface area contributed by atoms with Crippen molar-refractivity contribution in [1.82, 2.24) is 14.8 Å². The van der Waals surface area contributed by atoms with E-state index in [1.54, 1.807) is 23.1 Å². The number of benzene rings is 1. The molecule has 118 valence electrons. The maximum atomic E-state index is 11.4. The number of rotatable bonds is 3. The molecule has 1 fully saturated rings. The Labute approximate surface area is 135 Å². The monoisotopic (exact) mass is 308 g/mol. The summed E-state index contributed by atoms with van der Waals surface area (Å²) in [7, 11) is 0. The van der Waals surface area contributed by atoms with Crippen LogP contribution in [0.1, 0.15) is 37.8 Å². The van der Waals surface area contributed by atoms with Gasteiger partial charge in [-0.3, -0.25) is 0 Å². The maximum absolute atomic E-state index is 11.4. The molecule has 1 aliphatic carbocycles. The molecule has 5 heteroatoms. The van der Waals surface area contributed by atoms with Gasteiger partial charge in [0.15, 0.2) is 0 Å². The van der Waals surface area contributed by atoms with E-state index in [0.717, 1.165) is 24.0 Å². The van der Waals surface area contributed by atoms with E-state index in [1.807, 2.05) is 18.2 Å². The summed E-state index contributed by atoms with van der Waals surface area (Å²) in [4.78, 5) is 3.96. The minimum absolute atomic E-state index is 0.239. The quantitative estimate of drug-likeness (QED) is 0.946. The molecule has 1 N–H and O–H groups in total. The van der Waals surface area contributed by atoms with Gasteiger partial charge >= 0.3 is 0 Å². The number of nitriles is 1. The summed E-state index contributed by atoms with van der Waals surface area (Å²) in [6.45, 7) is 4.56. The molecule has 0 aliphatic heterocycles. The second kappa shape index (κ2) is 5.64. The maximum Gasteiger partial charge on any atom is 0.137 e. The molecule has 0 spiro atoms. The van der Waals surface area contributed by atoms with Crippen molar-refractivity contribution >= 4 is 6.08 Å². The molecule has 5 nitrogen and oxygen atoms in total. The molecule has 1 atom stereocenters. The standard InChI is InChI=1S/C18H20N4O/c1-17(2)8-7-16(9-14-3-5-15(10-19)6-4-14)18(17,23)11-22-13-20-12-21-22/h3-6,9,12-13,23H,7-8,11H2,1-2H3/b16-9-. The fourth-order valence-corrected chi connectivity index (χ4v) is 3.21. The van der Waals surface area contributed by atoms with Crippen LogP contribution in [0.15, 0.2) is 42.5 Å². The molecule has 1 unspecified atom stereocenters. The van der Waals surface area contributed by atoms with Crippen molar-refractivity contribution in [2.24, 2.45) is 5.41 Å². The van der Waals surface area contributed by atoms with Crippen LogP contribution in [0, 0.1) is 16.7 Å². The molecule has 0 bridgehead atoms. The van der Waals surface area contributed by atoms with Crippen molar-refractivity contribution in [2.45, 2.75) is 38.8 Å². The third kappa shape index (κ3) is 2.78. The zero-order valence-electron chi connectivity index (χ0n) is 13.4. The first-order chi connectivity index (χ1) is 10.9. The molecule has 2 aromatic rings. The van der Waals surface area contributed by atoms with Gasteiger partial charge in [-0.25, -0.2) is 9.67 Å². The number of aromatic nitrogens is 3. The van der Waals surface area contributed by atoms with Crippen LogP contribution >= 0.6 is 0 Å². The van der Waals surface area contributed by atoms with Gasteiger partial charge in [-0.05, 0) is 41.5 Å². The summed E-state index contributed by atoms with van der Waals surface area (Å²) in [5, 5.41) is 24.4. The van der Waals surface area contributed by atoms with Crippen LogP contribution in [0.5, 0.6) is 0 Å². The number of hydrogen-bond acceptors (Lipinski definition) is 4. The van der Waals surface area contributed by atoms with Crippen molar-refractivity contribution < 1.29 is 5.11 Å². The van der Waals surface area contributed by atoms with Gasteiger partial charge in [-0.15, -0.1) is 0 Å². The summed E-state index contributed by atoms with van der Waals surface area (Å²) in [6.07, 6.45) is 6.91. The fourth-order valence-electron chi connectivity index (χ4n) is 3.21. The van der Waals surface area contributed by atoms with Crippen LogP contribution in [0.3, 0.4) is 0 Å². The highest BCUT2D eigenvalue weighted by molar-refractivity contribution is 5.57. The third-order valence-corrected chi connectivity index (χ3v) is 4.91. The van der Waals surface area contributed by atoms with Gasteiger partial charge in [-0.1, -0.05) is 32.1 Å². The zero-order chi connectivity index (χ0) is 16.5. The van der Waals surface area contributed by atoms with Gasteiger partial charge in [0.2, 0.25) is 0 Å². The van der Waals surface area contributed by atoms with Crippen molar-refractivity contribution in [3.8, 4) is 6.07 Å². The van der Waals surface area contributed by atoms with Crippen LogP contribution in [0.2, 0.25) is 0 Å². The Morgan fingerprint density at radius 3 is 2.70 bits per heavy atom. The molecular formula is C18H20N4O. The highest BCUT2D eigenvalue weighted by Gasteiger charge is 2.51. The van der Waals surface area contributed by atoms with Gasteiger partial charge < -0.3 is 5.11 Å². The lowest BCUT2D eigenvalue weighted by Crippen LogP contribution is -2.45. The minimum Gasteiger partial charge on any atom is -0.383 e. The first-order valence-corrected chi connectivity index (χ1v) is 7.71. The molecule has 0 amide bonds. The van der Waals surface area contributed by atoms with Gasteiger partial charge in [0, 0.05) is 0 Å². The van der Waals surface area contributed by atoms with E-state index in [2.05, 4.69) is 30.0 Å². The van der Waals surface area contributed by atoms with Crippen molar-refractivity contribution in [1.29, 1.82) is 5.26 Å². The lowest BCUT2D eigenvalue weighted by molar-refractivity contribution is -0.0298. The molecule has 1 aliphatic rings. The number of aliphatic hydroxyl groups is 1. The van der Waals surface area contributed by atoms with Crippen LogP contribution in [0.4, 0.5) is 0 Å². The number of nitrogens with zero attached hydrogens (tertiary/aromatic N) is 4. The first kappa shape index (κ1) is 15.4. The third-order valence-electron chi connectivity index (χ3n) is 4.91. The summed E-state index contributed by atoms with van der Waals surface area (Å²) < 4.78 is 1.68. The smallest absolute Gasteiger partial charge is 0.137 e. The Hall–Kier alpha value is -2.45. The van der Waals surface area contributed by atoms with Crippen LogP contribution in [-0.2, 0) is 6.54 Å². The SMILES string of the molecule is CC1(C)CC/C(=C/c2ccc(C#N)cc2)C1(O)Cn1cncn1. The van der Waals surface area contributed by atoms with E-state index in [4.69, 9.17) is 5.26 Å². The highest BCUT2D eigenvalue weighted by atomic mass is 16.3. The van der Waals surface area contributed by atoms with Gasteiger partial charge in [0.05, 0.1) is 18.2 Å². The largest absolute Gasteiger partial charge is 0.383 e. The normalized spacial score (nSPS) is 24.7. The Balaban J connectivity index is 1.96. The van der Waals surface area contributed by atoms with Gasteiger partial charge in [-0.2, -0.15) is 10.4 Å². The lowest BCUT2D eigenvalue weighted by atomic mass is 9.76. The minimum atomic E-state index is -0.964.